The number of methoxy groups -OCH3 is 2. The third-order valence-electron chi connectivity index (χ3n) is 5.89. The summed E-state index contributed by atoms with van der Waals surface area (Å²) in [4.78, 5) is 29.8. The Morgan fingerprint density at radius 3 is 2.55 bits per heavy atom. The van der Waals surface area contributed by atoms with Gasteiger partial charge in [0.15, 0.2) is 6.10 Å². The fourth-order valence-corrected chi connectivity index (χ4v) is 4.46. The number of hydrogen-bond acceptors (Lipinski definition) is 6. The minimum atomic E-state index is -0.657. The van der Waals surface area contributed by atoms with E-state index in [9.17, 15) is 9.59 Å². The highest BCUT2D eigenvalue weighted by Crippen LogP contribution is 2.37. The average molecular weight is 474 g/mol. The van der Waals surface area contributed by atoms with Crippen LogP contribution >= 0.6 is 11.6 Å². The summed E-state index contributed by atoms with van der Waals surface area (Å²) in [6.07, 6.45) is 2.50. The van der Waals surface area contributed by atoms with Gasteiger partial charge in [-0.1, -0.05) is 23.7 Å². The first-order valence-corrected chi connectivity index (χ1v) is 11.4. The molecule has 0 aromatic heterocycles. The molecule has 1 unspecified atom stereocenters. The molecular formula is C24H28ClN3O5. The Bertz CT molecular complexity index is 1030. The van der Waals surface area contributed by atoms with Crippen LogP contribution in [0.1, 0.15) is 19.3 Å². The number of nitrogens with one attached hydrogen (secondary N) is 1. The molecule has 33 heavy (non-hydrogen) atoms. The predicted octanol–water partition coefficient (Wildman–Crippen LogP) is 3.58. The molecule has 2 aromatic carbocycles. The first-order valence-electron chi connectivity index (χ1n) is 11.0. The van der Waals surface area contributed by atoms with Gasteiger partial charge >= 0.3 is 0 Å². The lowest BCUT2D eigenvalue weighted by Crippen LogP contribution is -2.52. The Labute approximate surface area is 198 Å². The molecule has 0 aliphatic carbocycles. The number of anilines is 2. The zero-order chi connectivity index (χ0) is 23.4. The first kappa shape index (κ1) is 23.0. The van der Waals surface area contributed by atoms with Gasteiger partial charge in [-0.3, -0.25) is 9.59 Å². The fraction of sp³-hybridized carbons (Fsp3) is 0.417. The van der Waals surface area contributed by atoms with E-state index in [4.69, 9.17) is 25.8 Å². The maximum atomic E-state index is 13.1. The van der Waals surface area contributed by atoms with Gasteiger partial charge in [0, 0.05) is 25.2 Å². The van der Waals surface area contributed by atoms with Crippen molar-refractivity contribution in [3.63, 3.8) is 0 Å². The van der Waals surface area contributed by atoms with Crippen LogP contribution in [0.5, 0.6) is 17.2 Å². The zero-order valence-electron chi connectivity index (χ0n) is 18.8. The quantitative estimate of drug-likeness (QED) is 0.690. The predicted molar refractivity (Wildman–Crippen MR) is 127 cm³/mol. The number of carbonyl (C=O) groups excluding carboxylic acids is 2. The smallest absolute Gasteiger partial charge is 0.265 e. The molecule has 0 saturated carbocycles. The molecule has 1 saturated heterocycles. The SMILES string of the molecule is COc1cc(NC(=O)CN2CC(C(=O)N3CCCCC3)Oc3ccccc32)c(OC)cc1Cl. The standard InChI is InChI=1S/C24H28ClN3O5/c1-31-20-13-17(21(32-2)12-16(20)25)26-23(29)15-28-14-22(24(30)27-10-6-3-7-11-27)33-19-9-5-4-8-18(19)28/h4-5,8-9,12-13,22H,3,6-7,10-11,14-15H2,1-2H3,(H,26,29). The summed E-state index contributed by atoms with van der Waals surface area (Å²) >= 11 is 6.16. The fourth-order valence-electron chi connectivity index (χ4n) is 4.22. The lowest BCUT2D eigenvalue weighted by atomic mass is 10.1. The van der Waals surface area contributed by atoms with Crippen molar-refractivity contribution in [2.45, 2.75) is 25.4 Å². The summed E-state index contributed by atoms with van der Waals surface area (Å²) in [6, 6.07) is 10.7. The molecule has 2 heterocycles. The number of carbonyl (C=O) groups is 2. The van der Waals surface area contributed by atoms with E-state index in [-0.39, 0.29) is 18.4 Å². The number of fused-ring (bicyclic) bond motifs is 1. The number of amides is 2. The summed E-state index contributed by atoms with van der Waals surface area (Å²) in [5.41, 5.74) is 1.22. The summed E-state index contributed by atoms with van der Waals surface area (Å²) < 4.78 is 16.6. The van der Waals surface area contributed by atoms with Crippen LogP contribution in [-0.2, 0) is 9.59 Å². The Hall–Kier alpha value is -3.13. The molecule has 0 bridgehead atoms. The first-order chi connectivity index (χ1) is 16.0. The molecule has 2 aliphatic rings. The van der Waals surface area contributed by atoms with Gasteiger partial charge in [-0.15, -0.1) is 0 Å². The van der Waals surface area contributed by atoms with Gasteiger partial charge in [0.25, 0.3) is 5.91 Å². The van der Waals surface area contributed by atoms with Crippen LogP contribution in [0.2, 0.25) is 5.02 Å². The molecule has 8 nitrogen and oxygen atoms in total. The third-order valence-corrected chi connectivity index (χ3v) is 6.18. The highest BCUT2D eigenvalue weighted by molar-refractivity contribution is 6.32. The highest BCUT2D eigenvalue weighted by atomic mass is 35.5. The number of para-hydroxylation sites is 2. The summed E-state index contributed by atoms with van der Waals surface area (Å²) in [7, 11) is 3.01. The van der Waals surface area contributed by atoms with Crippen molar-refractivity contribution in [2.24, 2.45) is 0 Å². The van der Waals surface area contributed by atoms with Crippen LogP contribution < -0.4 is 24.4 Å². The van der Waals surface area contributed by atoms with Crippen LogP contribution in [0.4, 0.5) is 11.4 Å². The van der Waals surface area contributed by atoms with E-state index in [0.717, 1.165) is 38.0 Å². The number of rotatable bonds is 6. The molecule has 176 valence electrons. The Kier molecular flexibility index (Phi) is 7.13. The molecule has 4 rings (SSSR count). The van der Waals surface area contributed by atoms with E-state index in [1.54, 1.807) is 12.1 Å². The molecule has 0 radical (unpaired) electrons. The van der Waals surface area contributed by atoms with Gasteiger partial charge in [0.2, 0.25) is 5.91 Å². The minimum absolute atomic E-state index is 0.0290. The average Bonchev–Trinajstić information content (AvgIpc) is 2.84. The van der Waals surface area contributed by atoms with Gasteiger partial charge in [-0.2, -0.15) is 0 Å². The third kappa shape index (κ3) is 5.11. The van der Waals surface area contributed by atoms with Gasteiger partial charge in [0.1, 0.15) is 17.2 Å². The second-order valence-corrected chi connectivity index (χ2v) is 8.48. The second-order valence-electron chi connectivity index (χ2n) is 8.08. The number of halogens is 1. The molecule has 2 amide bonds. The Morgan fingerprint density at radius 2 is 1.82 bits per heavy atom. The van der Waals surface area contributed by atoms with Crippen molar-refractivity contribution < 1.29 is 23.8 Å². The van der Waals surface area contributed by atoms with E-state index < -0.39 is 6.10 Å². The van der Waals surface area contributed by atoms with Crippen molar-refractivity contribution in [3.8, 4) is 17.2 Å². The molecule has 2 aromatic rings. The van der Waals surface area contributed by atoms with Crippen molar-refractivity contribution in [1.82, 2.24) is 4.90 Å². The molecule has 1 atom stereocenters. The van der Waals surface area contributed by atoms with Gasteiger partial charge in [-0.25, -0.2) is 0 Å². The van der Waals surface area contributed by atoms with E-state index in [2.05, 4.69) is 5.32 Å². The van der Waals surface area contributed by atoms with Crippen LogP contribution in [0.25, 0.3) is 0 Å². The summed E-state index contributed by atoms with van der Waals surface area (Å²) in [6.45, 7) is 1.83. The number of benzene rings is 2. The maximum absolute atomic E-state index is 13.1. The molecule has 1 fully saturated rings. The van der Waals surface area contributed by atoms with Crippen LogP contribution in [0, 0.1) is 0 Å². The van der Waals surface area contributed by atoms with Crippen LogP contribution in [0.15, 0.2) is 36.4 Å². The minimum Gasteiger partial charge on any atom is -0.495 e. The zero-order valence-corrected chi connectivity index (χ0v) is 19.6. The monoisotopic (exact) mass is 473 g/mol. The number of piperidine rings is 1. The molecule has 9 heteroatoms. The number of ether oxygens (including phenoxy) is 3. The van der Waals surface area contributed by atoms with Crippen LogP contribution in [-0.4, -0.2) is 63.2 Å². The summed E-state index contributed by atoms with van der Waals surface area (Å²) in [5.74, 6) is 1.15. The number of nitrogens with zero attached hydrogens (tertiary/aromatic N) is 2. The van der Waals surface area contributed by atoms with Crippen LogP contribution in [0.3, 0.4) is 0 Å². The van der Waals surface area contributed by atoms with Crippen molar-refractivity contribution in [3.05, 3.63) is 41.4 Å². The molecule has 0 spiro atoms. The lowest BCUT2D eigenvalue weighted by Gasteiger charge is -2.38. The second kappa shape index (κ2) is 10.2. The maximum Gasteiger partial charge on any atom is 0.265 e. The van der Waals surface area contributed by atoms with E-state index >= 15 is 0 Å². The molecule has 1 N–H and O–H groups in total. The highest BCUT2D eigenvalue weighted by Gasteiger charge is 2.34. The van der Waals surface area contributed by atoms with Crippen molar-refractivity contribution in [2.75, 3.05) is 50.6 Å². The topological polar surface area (TPSA) is 80.3 Å². The normalized spacial score (nSPS) is 17.6. The molecule has 2 aliphatic heterocycles. The summed E-state index contributed by atoms with van der Waals surface area (Å²) in [5, 5.41) is 3.25. The van der Waals surface area contributed by atoms with Crippen molar-refractivity contribution >= 4 is 34.8 Å². The Morgan fingerprint density at radius 1 is 1.09 bits per heavy atom. The van der Waals surface area contributed by atoms with E-state index in [1.165, 1.54) is 14.2 Å². The number of likely N-dealkylation sites (tertiary alicyclic amines) is 1. The Balaban J connectivity index is 1.51. The lowest BCUT2D eigenvalue weighted by molar-refractivity contribution is -0.139. The molecular weight excluding hydrogens is 446 g/mol. The van der Waals surface area contributed by atoms with Gasteiger partial charge < -0.3 is 29.3 Å². The van der Waals surface area contributed by atoms with Gasteiger partial charge in [0.05, 0.1) is 43.7 Å². The van der Waals surface area contributed by atoms with Crippen molar-refractivity contribution in [1.29, 1.82) is 0 Å². The van der Waals surface area contributed by atoms with Gasteiger partial charge in [-0.05, 0) is 31.4 Å². The largest absolute Gasteiger partial charge is 0.495 e. The van der Waals surface area contributed by atoms with E-state index in [1.807, 2.05) is 34.1 Å². The number of hydrogen-bond donors (Lipinski definition) is 1. The van der Waals surface area contributed by atoms with E-state index in [0.29, 0.717) is 34.5 Å².